The summed E-state index contributed by atoms with van der Waals surface area (Å²) in [5, 5.41) is 6.10. The maximum Gasteiger partial charge on any atom is 0.327 e. The Morgan fingerprint density at radius 2 is 2.00 bits per heavy atom. The molecule has 1 aromatic heterocycles. The van der Waals surface area contributed by atoms with Crippen LogP contribution in [0.2, 0.25) is 5.02 Å². The summed E-state index contributed by atoms with van der Waals surface area (Å²) in [4.78, 5) is 11.5. The molecule has 0 bridgehead atoms. The molecule has 0 saturated carbocycles. The highest BCUT2D eigenvalue weighted by molar-refractivity contribution is 6.31. The maximum atomic E-state index is 11.5. The zero-order chi connectivity index (χ0) is 14.8. The Kier molecular flexibility index (Phi) is 3.62. The summed E-state index contributed by atoms with van der Waals surface area (Å²) >= 11 is 6.06. The number of fused-ring (bicyclic) bond motifs is 1. The molecule has 21 heavy (non-hydrogen) atoms. The molecule has 5 heteroatoms. The molecule has 3 rings (SSSR count). The van der Waals surface area contributed by atoms with E-state index in [0.29, 0.717) is 5.02 Å². The molecular formula is C16H13ClN2O2. The summed E-state index contributed by atoms with van der Waals surface area (Å²) in [6, 6.07) is 15.4. The highest BCUT2D eigenvalue weighted by Crippen LogP contribution is 2.29. The van der Waals surface area contributed by atoms with Gasteiger partial charge in [-0.15, -0.1) is 0 Å². The standard InChI is InChI=1S/C16H13ClN2O2/c1-21-15(20)10-19-14-9-12(17)7-8-13(14)16(18-19)11-5-3-2-4-6-11/h2-9H,10H2,1H3. The van der Waals surface area contributed by atoms with Crippen LogP contribution in [0.15, 0.2) is 48.5 Å². The van der Waals surface area contributed by atoms with Crippen molar-refractivity contribution in [3.8, 4) is 11.3 Å². The lowest BCUT2D eigenvalue weighted by atomic mass is 10.1. The minimum absolute atomic E-state index is 0.0557. The van der Waals surface area contributed by atoms with Gasteiger partial charge >= 0.3 is 5.97 Å². The van der Waals surface area contributed by atoms with Crippen LogP contribution in [-0.4, -0.2) is 22.9 Å². The fourth-order valence-electron chi connectivity index (χ4n) is 2.26. The third-order valence-corrected chi connectivity index (χ3v) is 3.50. The van der Waals surface area contributed by atoms with Crippen molar-refractivity contribution in [2.45, 2.75) is 6.54 Å². The molecule has 0 aliphatic rings. The number of nitrogens with zero attached hydrogens (tertiary/aromatic N) is 2. The number of halogens is 1. The van der Waals surface area contributed by atoms with Crippen LogP contribution in [0.4, 0.5) is 0 Å². The Balaban J connectivity index is 2.20. The average molecular weight is 301 g/mol. The van der Waals surface area contributed by atoms with Crippen LogP contribution in [0.1, 0.15) is 0 Å². The highest BCUT2D eigenvalue weighted by Gasteiger charge is 2.14. The van der Waals surface area contributed by atoms with Crippen molar-refractivity contribution in [2.75, 3.05) is 7.11 Å². The Morgan fingerprint density at radius 3 is 2.71 bits per heavy atom. The first-order valence-corrected chi connectivity index (χ1v) is 6.85. The fourth-order valence-corrected chi connectivity index (χ4v) is 2.43. The molecule has 0 spiro atoms. The number of carbonyl (C=O) groups is 1. The summed E-state index contributed by atoms with van der Waals surface area (Å²) in [6.45, 7) is 0.0557. The molecule has 0 amide bonds. The second-order valence-electron chi connectivity index (χ2n) is 4.61. The Bertz CT molecular complexity index is 797. The SMILES string of the molecule is COC(=O)Cn1nc(-c2ccccc2)c2ccc(Cl)cc21. The molecule has 3 aromatic rings. The predicted octanol–water partition coefficient (Wildman–Crippen LogP) is 3.53. The lowest BCUT2D eigenvalue weighted by Crippen LogP contribution is -2.12. The lowest BCUT2D eigenvalue weighted by Gasteiger charge is -2.01. The average Bonchev–Trinajstić information content (AvgIpc) is 2.86. The van der Waals surface area contributed by atoms with Crippen molar-refractivity contribution in [1.82, 2.24) is 9.78 Å². The van der Waals surface area contributed by atoms with Crippen LogP contribution in [-0.2, 0) is 16.1 Å². The number of esters is 1. The first-order valence-electron chi connectivity index (χ1n) is 6.47. The molecule has 1 heterocycles. The van der Waals surface area contributed by atoms with E-state index in [0.717, 1.165) is 22.2 Å². The Hall–Kier alpha value is -2.33. The van der Waals surface area contributed by atoms with E-state index in [1.165, 1.54) is 7.11 Å². The van der Waals surface area contributed by atoms with E-state index < -0.39 is 0 Å². The van der Waals surface area contributed by atoms with Gasteiger partial charge in [-0.1, -0.05) is 41.9 Å². The molecule has 2 aromatic carbocycles. The lowest BCUT2D eigenvalue weighted by molar-refractivity contribution is -0.141. The molecule has 0 N–H and O–H groups in total. The van der Waals surface area contributed by atoms with E-state index in [1.54, 1.807) is 10.7 Å². The molecule has 0 saturated heterocycles. The second kappa shape index (κ2) is 5.58. The van der Waals surface area contributed by atoms with E-state index in [2.05, 4.69) is 5.10 Å². The first-order chi connectivity index (χ1) is 10.2. The third-order valence-electron chi connectivity index (χ3n) is 3.27. The smallest absolute Gasteiger partial charge is 0.327 e. The van der Waals surface area contributed by atoms with E-state index in [-0.39, 0.29) is 12.5 Å². The summed E-state index contributed by atoms with van der Waals surface area (Å²) in [7, 11) is 1.36. The van der Waals surface area contributed by atoms with Crippen molar-refractivity contribution in [3.05, 3.63) is 53.6 Å². The molecule has 4 nitrogen and oxygen atoms in total. The molecule has 0 radical (unpaired) electrons. The Labute approximate surface area is 126 Å². The van der Waals surface area contributed by atoms with Crippen LogP contribution >= 0.6 is 11.6 Å². The second-order valence-corrected chi connectivity index (χ2v) is 5.05. The normalized spacial score (nSPS) is 10.8. The van der Waals surface area contributed by atoms with Crippen LogP contribution in [0.5, 0.6) is 0 Å². The summed E-state index contributed by atoms with van der Waals surface area (Å²) in [5.41, 5.74) is 2.63. The number of aromatic nitrogens is 2. The van der Waals surface area contributed by atoms with Gasteiger partial charge in [-0.05, 0) is 18.2 Å². The molecule has 106 valence electrons. The number of benzene rings is 2. The van der Waals surface area contributed by atoms with Gasteiger partial charge in [0.1, 0.15) is 12.2 Å². The topological polar surface area (TPSA) is 44.1 Å². The molecule has 0 aliphatic heterocycles. The third kappa shape index (κ3) is 2.62. The van der Waals surface area contributed by atoms with Gasteiger partial charge in [-0.2, -0.15) is 5.10 Å². The molecule has 0 fully saturated rings. The predicted molar refractivity (Wildman–Crippen MR) is 82.2 cm³/mol. The molecule has 0 aliphatic carbocycles. The van der Waals surface area contributed by atoms with E-state index in [4.69, 9.17) is 16.3 Å². The largest absolute Gasteiger partial charge is 0.468 e. The van der Waals surface area contributed by atoms with Crippen molar-refractivity contribution >= 4 is 28.5 Å². The number of carbonyl (C=O) groups excluding carboxylic acids is 1. The van der Waals surface area contributed by atoms with Gasteiger partial charge in [0, 0.05) is 16.0 Å². The summed E-state index contributed by atoms with van der Waals surface area (Å²) in [6.07, 6.45) is 0. The minimum atomic E-state index is -0.348. The fraction of sp³-hybridized carbons (Fsp3) is 0.125. The summed E-state index contributed by atoms with van der Waals surface area (Å²) < 4.78 is 6.34. The van der Waals surface area contributed by atoms with Crippen LogP contribution in [0.3, 0.4) is 0 Å². The number of hydrogen-bond donors (Lipinski definition) is 0. The van der Waals surface area contributed by atoms with E-state index >= 15 is 0 Å². The van der Waals surface area contributed by atoms with Crippen LogP contribution < -0.4 is 0 Å². The minimum Gasteiger partial charge on any atom is -0.468 e. The van der Waals surface area contributed by atoms with Gasteiger partial charge in [0.2, 0.25) is 0 Å². The van der Waals surface area contributed by atoms with Gasteiger partial charge in [-0.3, -0.25) is 9.48 Å². The van der Waals surface area contributed by atoms with Crippen molar-refractivity contribution in [2.24, 2.45) is 0 Å². The molecule has 0 atom stereocenters. The van der Waals surface area contributed by atoms with Gasteiger partial charge in [0.25, 0.3) is 0 Å². The maximum absolute atomic E-state index is 11.5. The van der Waals surface area contributed by atoms with Crippen molar-refractivity contribution in [3.63, 3.8) is 0 Å². The number of hydrogen-bond acceptors (Lipinski definition) is 3. The number of rotatable bonds is 3. The van der Waals surface area contributed by atoms with Crippen LogP contribution in [0, 0.1) is 0 Å². The van der Waals surface area contributed by atoms with Gasteiger partial charge in [0.05, 0.1) is 12.6 Å². The zero-order valence-electron chi connectivity index (χ0n) is 11.4. The quantitative estimate of drug-likeness (QED) is 0.695. The number of ether oxygens (including phenoxy) is 1. The van der Waals surface area contributed by atoms with Crippen molar-refractivity contribution < 1.29 is 9.53 Å². The summed E-state index contributed by atoms with van der Waals surface area (Å²) in [5.74, 6) is -0.348. The number of methoxy groups -OCH3 is 1. The van der Waals surface area contributed by atoms with E-state index in [1.807, 2.05) is 42.5 Å². The molecular weight excluding hydrogens is 288 g/mol. The zero-order valence-corrected chi connectivity index (χ0v) is 12.2. The van der Waals surface area contributed by atoms with Crippen molar-refractivity contribution in [1.29, 1.82) is 0 Å². The Morgan fingerprint density at radius 1 is 1.24 bits per heavy atom. The van der Waals surface area contributed by atoms with Gasteiger partial charge in [-0.25, -0.2) is 0 Å². The van der Waals surface area contributed by atoms with Gasteiger partial charge < -0.3 is 4.74 Å². The van der Waals surface area contributed by atoms with Crippen LogP contribution in [0.25, 0.3) is 22.2 Å². The van der Waals surface area contributed by atoms with E-state index in [9.17, 15) is 4.79 Å². The van der Waals surface area contributed by atoms with Gasteiger partial charge in [0.15, 0.2) is 0 Å². The highest BCUT2D eigenvalue weighted by atomic mass is 35.5. The monoisotopic (exact) mass is 300 g/mol. The first kappa shape index (κ1) is 13.6. The molecule has 0 unspecified atom stereocenters.